The molecule has 0 aromatic heterocycles. The number of sulfonamides is 1. The summed E-state index contributed by atoms with van der Waals surface area (Å²) in [6, 6.07) is 6.86. The maximum absolute atomic E-state index is 13.1. The Morgan fingerprint density at radius 1 is 1.23 bits per heavy atom. The van der Waals surface area contributed by atoms with Crippen molar-refractivity contribution < 1.29 is 17.7 Å². The van der Waals surface area contributed by atoms with E-state index in [1.807, 2.05) is 0 Å². The zero-order chi connectivity index (χ0) is 16.5. The van der Waals surface area contributed by atoms with Crippen LogP contribution in [0.2, 0.25) is 5.02 Å². The van der Waals surface area contributed by atoms with Crippen LogP contribution < -0.4 is 4.72 Å². The summed E-state index contributed by atoms with van der Waals surface area (Å²) < 4.78 is 39.7. The molecule has 2 aromatic rings. The van der Waals surface area contributed by atoms with Crippen LogP contribution in [-0.2, 0) is 10.0 Å². The number of nitro benzene ring substituents is 1. The topological polar surface area (TPSA) is 89.3 Å². The second-order valence-corrected chi connectivity index (χ2v) is 6.53. The molecule has 2 rings (SSSR count). The van der Waals surface area contributed by atoms with Crippen LogP contribution in [0.25, 0.3) is 0 Å². The van der Waals surface area contributed by atoms with Gasteiger partial charge in [0.05, 0.1) is 20.5 Å². The van der Waals surface area contributed by atoms with Crippen LogP contribution in [-0.4, -0.2) is 13.3 Å². The van der Waals surface area contributed by atoms with Crippen molar-refractivity contribution >= 4 is 33.0 Å². The molecule has 0 fully saturated rings. The summed E-state index contributed by atoms with van der Waals surface area (Å²) in [7, 11) is -4.05. The lowest BCUT2D eigenvalue weighted by Gasteiger charge is -2.09. The molecule has 0 aliphatic heterocycles. The Hall–Kier alpha value is -2.19. The summed E-state index contributed by atoms with van der Waals surface area (Å²) in [6.45, 7) is 1.50. The van der Waals surface area contributed by atoms with Crippen molar-refractivity contribution in [3.63, 3.8) is 0 Å². The Balaban J connectivity index is 2.40. The van der Waals surface area contributed by atoms with Gasteiger partial charge in [-0.1, -0.05) is 17.7 Å². The number of rotatable bonds is 4. The fourth-order valence-corrected chi connectivity index (χ4v) is 2.98. The molecule has 0 atom stereocenters. The molecule has 0 saturated heterocycles. The Bertz CT molecular complexity index is 855. The molecule has 2 aromatic carbocycles. The molecule has 0 bridgehead atoms. The normalized spacial score (nSPS) is 11.2. The van der Waals surface area contributed by atoms with E-state index in [4.69, 9.17) is 11.6 Å². The van der Waals surface area contributed by atoms with Gasteiger partial charge in [-0.15, -0.1) is 0 Å². The quantitative estimate of drug-likeness (QED) is 0.679. The van der Waals surface area contributed by atoms with E-state index in [1.54, 1.807) is 0 Å². The van der Waals surface area contributed by atoms with Gasteiger partial charge in [-0.05, 0) is 31.2 Å². The van der Waals surface area contributed by atoms with E-state index in [0.717, 1.165) is 18.2 Å². The van der Waals surface area contributed by atoms with Crippen LogP contribution in [0.15, 0.2) is 41.3 Å². The zero-order valence-corrected chi connectivity index (χ0v) is 12.8. The Morgan fingerprint density at radius 2 is 1.91 bits per heavy atom. The highest BCUT2D eigenvalue weighted by Gasteiger charge is 2.20. The van der Waals surface area contributed by atoms with Gasteiger partial charge in [0, 0.05) is 11.6 Å². The van der Waals surface area contributed by atoms with E-state index < -0.39 is 20.8 Å². The molecule has 9 heteroatoms. The van der Waals surface area contributed by atoms with Crippen molar-refractivity contribution in [1.82, 2.24) is 0 Å². The Morgan fingerprint density at radius 3 is 2.50 bits per heavy atom. The lowest BCUT2D eigenvalue weighted by atomic mass is 10.2. The first-order valence-corrected chi connectivity index (χ1v) is 7.80. The van der Waals surface area contributed by atoms with Gasteiger partial charge in [-0.25, -0.2) is 12.8 Å². The lowest BCUT2D eigenvalue weighted by molar-refractivity contribution is -0.385. The molecule has 6 nitrogen and oxygen atoms in total. The minimum absolute atomic E-state index is 0.0506. The number of aryl methyl sites for hydroxylation is 1. The second-order valence-electron chi connectivity index (χ2n) is 4.44. The second kappa shape index (κ2) is 5.90. The van der Waals surface area contributed by atoms with Gasteiger partial charge in [-0.3, -0.25) is 14.8 Å². The number of hydrogen-bond donors (Lipinski definition) is 1. The molecule has 0 spiro atoms. The molecular formula is C13H10ClFN2O4S. The third kappa shape index (κ3) is 3.34. The highest BCUT2D eigenvalue weighted by atomic mass is 35.5. The van der Waals surface area contributed by atoms with E-state index in [2.05, 4.69) is 4.72 Å². The number of anilines is 1. The molecule has 0 saturated carbocycles. The van der Waals surface area contributed by atoms with Crippen molar-refractivity contribution in [1.29, 1.82) is 0 Å². The maximum atomic E-state index is 13.1. The first-order valence-electron chi connectivity index (χ1n) is 5.93. The minimum atomic E-state index is -4.05. The third-order valence-electron chi connectivity index (χ3n) is 2.86. The van der Waals surface area contributed by atoms with Crippen molar-refractivity contribution in [2.75, 3.05) is 4.72 Å². The van der Waals surface area contributed by atoms with Gasteiger partial charge in [0.2, 0.25) is 0 Å². The fourth-order valence-electron chi connectivity index (χ4n) is 1.73. The predicted molar refractivity (Wildman–Crippen MR) is 80.1 cm³/mol. The average Bonchev–Trinajstić information content (AvgIpc) is 2.42. The van der Waals surface area contributed by atoms with Crippen LogP contribution in [0, 0.1) is 22.9 Å². The number of nitrogens with zero attached hydrogens (tertiary/aromatic N) is 1. The average molecular weight is 345 g/mol. The monoisotopic (exact) mass is 344 g/mol. The summed E-state index contributed by atoms with van der Waals surface area (Å²) in [5.41, 5.74) is 0.0865. The molecule has 0 radical (unpaired) electrons. The number of benzene rings is 2. The van der Waals surface area contributed by atoms with Gasteiger partial charge < -0.3 is 0 Å². The summed E-state index contributed by atoms with van der Waals surface area (Å²) in [5, 5.41) is 10.6. The van der Waals surface area contributed by atoms with Crippen LogP contribution >= 0.6 is 11.6 Å². The van der Waals surface area contributed by atoms with Crippen LogP contribution in [0.1, 0.15) is 5.56 Å². The van der Waals surface area contributed by atoms with Gasteiger partial charge in [-0.2, -0.15) is 0 Å². The molecule has 0 heterocycles. The van der Waals surface area contributed by atoms with Gasteiger partial charge in [0.25, 0.3) is 15.7 Å². The smallest absolute Gasteiger partial charge is 0.273 e. The maximum Gasteiger partial charge on any atom is 0.273 e. The van der Waals surface area contributed by atoms with Crippen molar-refractivity contribution in [3.05, 3.63) is 62.9 Å². The molecule has 1 N–H and O–H groups in total. The number of hydrogen-bond acceptors (Lipinski definition) is 4. The minimum Gasteiger partial charge on any atom is -0.280 e. The van der Waals surface area contributed by atoms with Crippen molar-refractivity contribution in [3.8, 4) is 0 Å². The highest BCUT2D eigenvalue weighted by Crippen LogP contribution is 2.25. The van der Waals surface area contributed by atoms with E-state index in [9.17, 15) is 22.9 Å². The van der Waals surface area contributed by atoms with E-state index in [1.165, 1.54) is 25.1 Å². The molecule has 0 aliphatic rings. The molecule has 22 heavy (non-hydrogen) atoms. The molecule has 0 aliphatic carbocycles. The van der Waals surface area contributed by atoms with E-state index >= 15 is 0 Å². The zero-order valence-electron chi connectivity index (χ0n) is 11.2. The molecular weight excluding hydrogens is 335 g/mol. The Labute approximate surface area is 130 Å². The number of nitrogens with one attached hydrogen (secondary N) is 1. The Kier molecular flexibility index (Phi) is 4.34. The van der Waals surface area contributed by atoms with Crippen molar-refractivity contribution in [2.45, 2.75) is 11.8 Å². The molecule has 0 unspecified atom stereocenters. The predicted octanol–water partition coefficient (Wildman–Crippen LogP) is 3.50. The fraction of sp³-hybridized carbons (Fsp3) is 0.0769. The van der Waals surface area contributed by atoms with Gasteiger partial charge >= 0.3 is 0 Å². The number of nitro groups is 1. The van der Waals surface area contributed by atoms with E-state index in [-0.39, 0.29) is 21.3 Å². The van der Waals surface area contributed by atoms with Crippen LogP contribution in [0.5, 0.6) is 0 Å². The molecule has 116 valence electrons. The first kappa shape index (κ1) is 16.2. The van der Waals surface area contributed by atoms with Crippen LogP contribution in [0.3, 0.4) is 0 Å². The summed E-state index contributed by atoms with van der Waals surface area (Å²) in [5.74, 6) is -0.685. The molecule has 0 amide bonds. The summed E-state index contributed by atoms with van der Waals surface area (Å²) in [4.78, 5) is 9.94. The summed E-state index contributed by atoms with van der Waals surface area (Å²) in [6.07, 6.45) is 0. The number of halogens is 2. The third-order valence-corrected chi connectivity index (χ3v) is 4.53. The first-order chi connectivity index (χ1) is 10.2. The van der Waals surface area contributed by atoms with Crippen LogP contribution in [0.4, 0.5) is 15.8 Å². The SMILES string of the molecule is Cc1ccc(S(=O)(=O)Nc2ccc(F)c(Cl)c2)cc1[N+](=O)[O-]. The largest absolute Gasteiger partial charge is 0.280 e. The standard InChI is InChI=1S/C13H10ClFN2O4S/c1-8-2-4-10(7-13(8)17(18)19)22(20,21)16-9-3-5-12(15)11(14)6-9/h2-7,16H,1H3. The van der Waals surface area contributed by atoms with Gasteiger partial charge in [0.1, 0.15) is 5.82 Å². The van der Waals surface area contributed by atoms with Gasteiger partial charge in [0.15, 0.2) is 0 Å². The highest BCUT2D eigenvalue weighted by molar-refractivity contribution is 7.92. The lowest BCUT2D eigenvalue weighted by Crippen LogP contribution is -2.13. The summed E-state index contributed by atoms with van der Waals surface area (Å²) >= 11 is 5.58. The van der Waals surface area contributed by atoms with Crippen molar-refractivity contribution in [2.24, 2.45) is 0 Å². The van der Waals surface area contributed by atoms with E-state index in [0.29, 0.717) is 5.56 Å².